The number of aryl methyl sites for hydroxylation is 1. The summed E-state index contributed by atoms with van der Waals surface area (Å²) in [5.74, 6) is 0.249. The van der Waals surface area contributed by atoms with Crippen molar-refractivity contribution < 1.29 is 18.0 Å². The van der Waals surface area contributed by atoms with Crippen LogP contribution in [0.4, 0.5) is 18.9 Å². The van der Waals surface area contributed by atoms with Gasteiger partial charge < -0.3 is 14.8 Å². The van der Waals surface area contributed by atoms with Crippen molar-refractivity contribution in [1.82, 2.24) is 20.1 Å². The van der Waals surface area contributed by atoms with Crippen LogP contribution in [0, 0.1) is 0 Å². The molecule has 1 amide bonds. The predicted octanol–water partition coefficient (Wildman–Crippen LogP) is 5.18. The molecule has 1 atom stereocenters. The molecule has 0 spiro atoms. The van der Waals surface area contributed by atoms with Crippen molar-refractivity contribution in [3.63, 3.8) is 0 Å². The molecule has 6 nitrogen and oxygen atoms in total. The monoisotopic (exact) mass is 483 g/mol. The highest BCUT2D eigenvalue weighted by atomic mass is 19.4. The highest BCUT2D eigenvalue weighted by Gasteiger charge is 2.41. The molecule has 1 aromatic heterocycles. The predicted molar refractivity (Wildman–Crippen MR) is 126 cm³/mol. The number of nitrogens with one attached hydrogen (secondary N) is 1. The Labute approximate surface area is 202 Å². The zero-order chi connectivity index (χ0) is 25.0. The lowest BCUT2D eigenvalue weighted by molar-refractivity contribution is -0.138. The van der Waals surface area contributed by atoms with Crippen LogP contribution in [-0.4, -0.2) is 26.2 Å². The first-order valence-electron chi connectivity index (χ1n) is 11.8. The van der Waals surface area contributed by atoms with E-state index in [1.807, 2.05) is 36.7 Å². The molecule has 1 fully saturated rings. The van der Waals surface area contributed by atoms with E-state index < -0.39 is 17.6 Å². The van der Waals surface area contributed by atoms with E-state index in [-0.39, 0.29) is 29.1 Å². The van der Waals surface area contributed by atoms with Crippen molar-refractivity contribution in [3.8, 4) is 0 Å². The van der Waals surface area contributed by atoms with Crippen molar-refractivity contribution in [2.45, 2.75) is 63.8 Å². The van der Waals surface area contributed by atoms with Crippen molar-refractivity contribution in [2.24, 2.45) is 7.05 Å². The number of amides is 1. The van der Waals surface area contributed by atoms with Crippen LogP contribution in [0.15, 0.2) is 42.7 Å². The Morgan fingerprint density at radius 1 is 1.20 bits per heavy atom. The number of hydrogen-bond acceptors (Lipinski definition) is 4. The summed E-state index contributed by atoms with van der Waals surface area (Å²) in [5, 5.41) is 11.5. The third kappa shape index (κ3) is 4.33. The molecule has 9 heteroatoms. The summed E-state index contributed by atoms with van der Waals surface area (Å²) in [6.45, 7) is 4.24. The van der Waals surface area contributed by atoms with E-state index in [0.717, 1.165) is 30.7 Å². The van der Waals surface area contributed by atoms with Gasteiger partial charge in [-0.15, -0.1) is 10.2 Å². The Morgan fingerprint density at radius 3 is 2.60 bits per heavy atom. The van der Waals surface area contributed by atoms with Gasteiger partial charge in [-0.1, -0.05) is 19.1 Å². The van der Waals surface area contributed by atoms with Crippen molar-refractivity contribution >= 4 is 11.6 Å². The second-order valence-electron chi connectivity index (χ2n) is 9.94. The van der Waals surface area contributed by atoms with E-state index in [1.54, 1.807) is 18.5 Å². The maximum absolute atomic E-state index is 14.0. The Hall–Kier alpha value is -3.20. The third-order valence-electron chi connectivity index (χ3n) is 7.40. The van der Waals surface area contributed by atoms with Gasteiger partial charge in [0.05, 0.1) is 12.1 Å². The highest BCUT2D eigenvalue weighted by molar-refractivity contribution is 6.10. The number of nitrogens with zero attached hydrogens (tertiary/aromatic N) is 4. The van der Waals surface area contributed by atoms with E-state index in [0.29, 0.717) is 17.8 Å². The van der Waals surface area contributed by atoms with Crippen LogP contribution < -0.4 is 10.2 Å². The molecule has 2 aromatic carbocycles. The molecular formula is C26H28F3N5O. The number of halogens is 3. The molecule has 1 saturated carbocycles. The Bertz CT molecular complexity index is 1280. The SMILES string of the molecule is C[C@@H](c1cccc(N2Cc3c(cc(CNC4(C)CCC4)cc3C(F)(F)F)C2=O)c1)c1nncn1C. The summed E-state index contributed by atoms with van der Waals surface area (Å²) in [4.78, 5) is 14.8. The van der Waals surface area contributed by atoms with Crippen molar-refractivity contribution in [2.75, 3.05) is 4.90 Å². The average Bonchev–Trinajstić information content (AvgIpc) is 3.38. The van der Waals surface area contributed by atoms with Gasteiger partial charge in [-0.3, -0.25) is 4.79 Å². The number of carbonyl (C=O) groups is 1. The number of alkyl halides is 3. The van der Waals surface area contributed by atoms with Crippen LogP contribution in [-0.2, 0) is 26.3 Å². The summed E-state index contributed by atoms with van der Waals surface area (Å²) >= 11 is 0. The molecule has 0 saturated heterocycles. The fraction of sp³-hybridized carbons (Fsp3) is 0.423. The number of anilines is 1. The first kappa shape index (κ1) is 23.5. The van der Waals surface area contributed by atoms with Gasteiger partial charge in [0.2, 0.25) is 0 Å². The van der Waals surface area contributed by atoms with E-state index in [4.69, 9.17) is 0 Å². The van der Waals surface area contributed by atoms with Gasteiger partial charge in [0.25, 0.3) is 5.91 Å². The lowest BCUT2D eigenvalue weighted by Gasteiger charge is -2.39. The van der Waals surface area contributed by atoms with Crippen LogP contribution in [0.1, 0.15) is 77.5 Å². The molecule has 184 valence electrons. The molecule has 5 rings (SSSR count). The second-order valence-corrected chi connectivity index (χ2v) is 9.94. The van der Waals surface area contributed by atoms with Crippen LogP contribution in [0.25, 0.3) is 0 Å². The zero-order valence-corrected chi connectivity index (χ0v) is 20.0. The number of carbonyl (C=O) groups excluding carboxylic acids is 1. The van der Waals surface area contributed by atoms with Gasteiger partial charge in [-0.05, 0) is 67.1 Å². The molecule has 1 N–H and O–H groups in total. The summed E-state index contributed by atoms with van der Waals surface area (Å²) < 4.78 is 43.9. The minimum absolute atomic E-state index is 0.0351. The van der Waals surface area contributed by atoms with Gasteiger partial charge in [-0.25, -0.2) is 0 Å². The summed E-state index contributed by atoms with van der Waals surface area (Å²) in [7, 11) is 1.85. The first-order chi connectivity index (χ1) is 16.6. The van der Waals surface area contributed by atoms with Gasteiger partial charge >= 0.3 is 6.18 Å². The van der Waals surface area contributed by atoms with Crippen LogP contribution >= 0.6 is 0 Å². The van der Waals surface area contributed by atoms with Gasteiger partial charge in [0, 0.05) is 36.3 Å². The lowest BCUT2D eigenvalue weighted by atomic mass is 9.78. The third-order valence-corrected chi connectivity index (χ3v) is 7.40. The number of aromatic nitrogens is 3. The fourth-order valence-electron chi connectivity index (χ4n) is 5.03. The van der Waals surface area contributed by atoms with Crippen LogP contribution in [0.5, 0.6) is 0 Å². The van der Waals surface area contributed by atoms with E-state index in [9.17, 15) is 18.0 Å². The lowest BCUT2D eigenvalue weighted by Crippen LogP contribution is -2.47. The van der Waals surface area contributed by atoms with E-state index >= 15 is 0 Å². The minimum Gasteiger partial charge on any atom is -0.320 e. The molecule has 3 aromatic rings. The molecular weight excluding hydrogens is 455 g/mol. The maximum Gasteiger partial charge on any atom is 0.416 e. The second kappa shape index (κ2) is 8.48. The molecule has 1 aliphatic carbocycles. The van der Waals surface area contributed by atoms with Crippen LogP contribution in [0.3, 0.4) is 0 Å². The number of rotatable bonds is 6. The van der Waals surface area contributed by atoms with Crippen LogP contribution in [0.2, 0.25) is 0 Å². The maximum atomic E-state index is 14.0. The minimum atomic E-state index is -4.54. The van der Waals surface area contributed by atoms with Gasteiger partial charge in [0.15, 0.2) is 0 Å². The van der Waals surface area contributed by atoms with Crippen molar-refractivity contribution in [1.29, 1.82) is 0 Å². The number of hydrogen-bond donors (Lipinski definition) is 1. The van der Waals surface area contributed by atoms with E-state index in [2.05, 4.69) is 22.4 Å². The molecule has 0 bridgehead atoms. The topological polar surface area (TPSA) is 63.1 Å². The number of fused-ring (bicyclic) bond motifs is 1. The van der Waals surface area contributed by atoms with Gasteiger partial charge in [0.1, 0.15) is 12.2 Å². The molecule has 2 heterocycles. The Kier molecular flexibility index (Phi) is 5.70. The standard InChI is InChI=1S/C26H28F3N5O/c1-16(23-32-31-15-33(23)3)18-6-4-7-19(12-18)34-14-21-20(24(34)35)10-17(11-22(21)26(27,28)29)13-30-25(2)8-5-9-25/h4,6-7,10-12,15-16,30H,5,8-9,13-14H2,1-3H3/t16-/m0/s1. The average molecular weight is 484 g/mol. The molecule has 0 radical (unpaired) electrons. The Morgan fingerprint density at radius 2 is 1.97 bits per heavy atom. The number of benzene rings is 2. The summed E-state index contributed by atoms with van der Waals surface area (Å²) in [6, 6.07) is 10.1. The Balaban J connectivity index is 1.46. The molecule has 0 unspecified atom stereocenters. The van der Waals surface area contributed by atoms with E-state index in [1.165, 1.54) is 11.0 Å². The zero-order valence-electron chi connectivity index (χ0n) is 20.0. The molecule has 35 heavy (non-hydrogen) atoms. The normalized spacial score (nSPS) is 17.9. The largest absolute Gasteiger partial charge is 0.416 e. The first-order valence-corrected chi connectivity index (χ1v) is 11.8. The fourth-order valence-corrected chi connectivity index (χ4v) is 5.03. The highest BCUT2D eigenvalue weighted by Crippen LogP contribution is 2.40. The summed E-state index contributed by atoms with van der Waals surface area (Å²) in [5.41, 5.74) is 1.32. The van der Waals surface area contributed by atoms with Gasteiger partial charge in [-0.2, -0.15) is 13.2 Å². The quantitative estimate of drug-likeness (QED) is 0.525. The smallest absolute Gasteiger partial charge is 0.320 e. The summed E-state index contributed by atoms with van der Waals surface area (Å²) in [6.07, 6.45) is 0.189. The van der Waals surface area contributed by atoms with Crippen molar-refractivity contribution in [3.05, 3.63) is 76.4 Å². The molecule has 1 aliphatic heterocycles. The molecule has 2 aliphatic rings.